The van der Waals surface area contributed by atoms with E-state index in [-0.39, 0.29) is 24.4 Å². The highest BCUT2D eigenvalue weighted by Crippen LogP contribution is 2.07. The zero-order chi connectivity index (χ0) is 13.5. The zero-order valence-electron chi connectivity index (χ0n) is 10.5. The zero-order valence-corrected chi connectivity index (χ0v) is 11.3. The summed E-state index contributed by atoms with van der Waals surface area (Å²) in [5.41, 5.74) is 1.38. The summed E-state index contributed by atoms with van der Waals surface area (Å²) in [5, 5.41) is 5.26. The third-order valence-corrected chi connectivity index (χ3v) is 2.51. The van der Waals surface area contributed by atoms with Crippen molar-refractivity contribution in [3.8, 4) is 0 Å². The minimum atomic E-state index is -0.277. The van der Waals surface area contributed by atoms with Gasteiger partial charge in [-0.1, -0.05) is 12.1 Å². The first-order valence-corrected chi connectivity index (χ1v) is 6.29. The normalized spacial score (nSPS) is 10.2. The molecule has 0 fully saturated rings. The highest BCUT2D eigenvalue weighted by atomic mass is 35.5. The molecule has 0 aliphatic carbocycles. The maximum Gasteiger partial charge on any atom is 0.251 e. The van der Waals surface area contributed by atoms with Crippen molar-refractivity contribution in [3.05, 3.63) is 35.4 Å². The molecule has 0 saturated heterocycles. The third-order valence-electron chi connectivity index (χ3n) is 2.20. The molecule has 1 aromatic carbocycles. The molecule has 2 N–H and O–H groups in total. The van der Waals surface area contributed by atoms with E-state index in [1.165, 1.54) is 0 Å². The lowest BCUT2D eigenvalue weighted by Gasteiger charge is -2.09. The Bertz CT molecular complexity index is 433. The van der Waals surface area contributed by atoms with E-state index in [0.717, 1.165) is 5.56 Å². The van der Waals surface area contributed by atoms with Crippen molar-refractivity contribution in [2.24, 2.45) is 0 Å². The Balaban J connectivity index is 2.52. The number of amides is 2. The standard InChI is InChI=1S/C13H17ClN2O2/c1-9(2)16-12(17)8-15-13(18)11-5-3-4-10(6-11)7-14/h3-6,9H,7-8H2,1-2H3,(H,15,18)(H,16,17). The van der Waals surface area contributed by atoms with Gasteiger partial charge in [-0.3, -0.25) is 9.59 Å². The molecule has 0 heterocycles. The molecule has 0 unspecified atom stereocenters. The SMILES string of the molecule is CC(C)NC(=O)CNC(=O)c1cccc(CCl)c1. The highest BCUT2D eigenvalue weighted by molar-refractivity contribution is 6.17. The van der Waals surface area contributed by atoms with Crippen LogP contribution in [0.25, 0.3) is 0 Å². The molecule has 1 aromatic rings. The Morgan fingerprint density at radius 2 is 2.06 bits per heavy atom. The van der Waals surface area contributed by atoms with Crippen LogP contribution < -0.4 is 10.6 Å². The lowest BCUT2D eigenvalue weighted by molar-refractivity contribution is -0.120. The topological polar surface area (TPSA) is 58.2 Å². The van der Waals surface area contributed by atoms with Gasteiger partial charge in [0.1, 0.15) is 0 Å². The van der Waals surface area contributed by atoms with E-state index in [2.05, 4.69) is 10.6 Å². The Morgan fingerprint density at radius 3 is 2.67 bits per heavy atom. The first-order valence-electron chi connectivity index (χ1n) is 5.75. The summed E-state index contributed by atoms with van der Waals surface area (Å²) < 4.78 is 0. The predicted octanol–water partition coefficient (Wildman–Crippen LogP) is 1.68. The largest absolute Gasteiger partial charge is 0.352 e. The fourth-order valence-corrected chi connectivity index (χ4v) is 1.60. The van der Waals surface area contributed by atoms with Crippen LogP contribution in [0.5, 0.6) is 0 Å². The van der Waals surface area contributed by atoms with Crippen LogP contribution in [0.15, 0.2) is 24.3 Å². The van der Waals surface area contributed by atoms with Gasteiger partial charge in [0, 0.05) is 17.5 Å². The highest BCUT2D eigenvalue weighted by Gasteiger charge is 2.08. The fourth-order valence-electron chi connectivity index (χ4n) is 1.43. The summed E-state index contributed by atoms with van der Waals surface area (Å²) in [4.78, 5) is 23.1. The van der Waals surface area contributed by atoms with E-state index in [4.69, 9.17) is 11.6 Å². The van der Waals surface area contributed by atoms with Crippen LogP contribution in [0.3, 0.4) is 0 Å². The van der Waals surface area contributed by atoms with Crippen molar-refractivity contribution in [1.82, 2.24) is 10.6 Å². The van der Waals surface area contributed by atoms with Crippen molar-refractivity contribution in [1.29, 1.82) is 0 Å². The number of benzene rings is 1. The number of rotatable bonds is 5. The van der Waals surface area contributed by atoms with Crippen LogP contribution in [0.2, 0.25) is 0 Å². The second kappa shape index (κ2) is 7.01. The van der Waals surface area contributed by atoms with Crippen LogP contribution in [0.4, 0.5) is 0 Å². The van der Waals surface area contributed by atoms with Gasteiger partial charge < -0.3 is 10.6 Å². The van der Waals surface area contributed by atoms with E-state index in [0.29, 0.717) is 11.4 Å². The summed E-state index contributed by atoms with van der Waals surface area (Å²) in [6, 6.07) is 7.07. The predicted molar refractivity (Wildman–Crippen MR) is 71.6 cm³/mol. The molecule has 0 aromatic heterocycles. The maximum absolute atomic E-state index is 11.8. The molecule has 4 nitrogen and oxygen atoms in total. The summed E-state index contributed by atoms with van der Waals surface area (Å²) >= 11 is 5.69. The van der Waals surface area contributed by atoms with Crippen LogP contribution in [-0.4, -0.2) is 24.4 Å². The van der Waals surface area contributed by atoms with Crippen molar-refractivity contribution >= 4 is 23.4 Å². The van der Waals surface area contributed by atoms with E-state index >= 15 is 0 Å². The van der Waals surface area contributed by atoms with E-state index < -0.39 is 0 Å². The van der Waals surface area contributed by atoms with Gasteiger partial charge in [-0.05, 0) is 31.5 Å². The van der Waals surface area contributed by atoms with Crippen LogP contribution in [0, 0.1) is 0 Å². The maximum atomic E-state index is 11.8. The van der Waals surface area contributed by atoms with Gasteiger partial charge in [0.2, 0.25) is 5.91 Å². The number of nitrogens with one attached hydrogen (secondary N) is 2. The molecule has 2 amide bonds. The van der Waals surface area contributed by atoms with E-state index in [9.17, 15) is 9.59 Å². The van der Waals surface area contributed by atoms with Gasteiger partial charge in [-0.2, -0.15) is 0 Å². The average Bonchev–Trinajstić information content (AvgIpc) is 2.35. The Labute approximate surface area is 112 Å². The molecule has 1 rings (SSSR count). The summed E-state index contributed by atoms with van der Waals surface area (Å²) in [6.07, 6.45) is 0. The number of halogens is 1. The molecule has 0 aliphatic heterocycles. The third kappa shape index (κ3) is 4.75. The Hall–Kier alpha value is -1.55. The second-order valence-electron chi connectivity index (χ2n) is 4.24. The van der Waals surface area contributed by atoms with Crippen LogP contribution >= 0.6 is 11.6 Å². The van der Waals surface area contributed by atoms with E-state index in [1.807, 2.05) is 19.9 Å². The van der Waals surface area contributed by atoms with Gasteiger partial charge in [-0.25, -0.2) is 0 Å². The monoisotopic (exact) mass is 268 g/mol. The molecule has 0 spiro atoms. The van der Waals surface area contributed by atoms with Crippen molar-refractivity contribution in [3.63, 3.8) is 0 Å². The quantitative estimate of drug-likeness (QED) is 0.799. The van der Waals surface area contributed by atoms with Gasteiger partial charge in [-0.15, -0.1) is 11.6 Å². The van der Waals surface area contributed by atoms with Gasteiger partial charge in [0.05, 0.1) is 6.54 Å². The molecule has 0 saturated carbocycles. The molecule has 0 radical (unpaired) electrons. The molecule has 0 bridgehead atoms. The number of hydrogen-bond donors (Lipinski definition) is 2. The van der Waals surface area contributed by atoms with E-state index in [1.54, 1.807) is 18.2 Å². The smallest absolute Gasteiger partial charge is 0.251 e. The average molecular weight is 269 g/mol. The van der Waals surface area contributed by atoms with Crippen LogP contribution in [-0.2, 0) is 10.7 Å². The first-order chi connectivity index (χ1) is 8.52. The van der Waals surface area contributed by atoms with Crippen molar-refractivity contribution in [2.45, 2.75) is 25.8 Å². The second-order valence-corrected chi connectivity index (χ2v) is 4.51. The summed E-state index contributed by atoms with van der Waals surface area (Å²) in [6.45, 7) is 3.70. The molecule has 5 heteroatoms. The fraction of sp³-hybridized carbons (Fsp3) is 0.385. The van der Waals surface area contributed by atoms with Gasteiger partial charge in [0.15, 0.2) is 0 Å². The van der Waals surface area contributed by atoms with Crippen LogP contribution in [0.1, 0.15) is 29.8 Å². The first kappa shape index (κ1) is 14.5. The van der Waals surface area contributed by atoms with Crippen molar-refractivity contribution in [2.75, 3.05) is 6.54 Å². The lowest BCUT2D eigenvalue weighted by Crippen LogP contribution is -2.39. The van der Waals surface area contributed by atoms with Crippen molar-refractivity contribution < 1.29 is 9.59 Å². The number of carbonyl (C=O) groups excluding carboxylic acids is 2. The Kier molecular flexibility index (Phi) is 5.65. The molecule has 98 valence electrons. The minimum Gasteiger partial charge on any atom is -0.352 e. The molecule has 18 heavy (non-hydrogen) atoms. The Morgan fingerprint density at radius 1 is 1.33 bits per heavy atom. The molecule has 0 atom stereocenters. The molecular formula is C13H17ClN2O2. The lowest BCUT2D eigenvalue weighted by atomic mass is 10.1. The molecular weight excluding hydrogens is 252 g/mol. The van der Waals surface area contributed by atoms with Gasteiger partial charge in [0.25, 0.3) is 5.91 Å². The number of carbonyl (C=O) groups is 2. The summed E-state index contributed by atoms with van der Waals surface area (Å²) in [7, 11) is 0. The summed E-state index contributed by atoms with van der Waals surface area (Å²) in [5.74, 6) is -0.123. The molecule has 0 aliphatic rings. The number of alkyl halides is 1. The van der Waals surface area contributed by atoms with Gasteiger partial charge >= 0.3 is 0 Å². The minimum absolute atomic E-state index is 0.0257. The number of hydrogen-bond acceptors (Lipinski definition) is 2.